The average Bonchev–Trinajstić information content (AvgIpc) is 2.47. The average molecular weight is 287 g/mol. The molecule has 5 nitrogen and oxygen atoms in total. The molecule has 2 aromatic rings. The van der Waals surface area contributed by atoms with Crippen molar-refractivity contribution in [1.82, 2.24) is 0 Å². The van der Waals surface area contributed by atoms with Crippen molar-refractivity contribution in [3.63, 3.8) is 0 Å². The number of aliphatic hydroxyl groups excluding tert-OH is 1. The molecule has 2 rings (SSSR count). The van der Waals surface area contributed by atoms with Crippen molar-refractivity contribution in [3.8, 4) is 11.5 Å². The van der Waals surface area contributed by atoms with Crippen LogP contribution in [-0.4, -0.2) is 23.2 Å². The lowest BCUT2D eigenvalue weighted by molar-refractivity contribution is 0.102. The molecule has 0 saturated heterocycles. The van der Waals surface area contributed by atoms with Gasteiger partial charge in [0.2, 0.25) is 0 Å². The highest BCUT2D eigenvalue weighted by Crippen LogP contribution is 2.24. The van der Waals surface area contributed by atoms with E-state index >= 15 is 0 Å². The third kappa shape index (κ3) is 3.52. The van der Waals surface area contributed by atoms with Gasteiger partial charge >= 0.3 is 0 Å². The van der Waals surface area contributed by atoms with Crippen LogP contribution in [0.15, 0.2) is 42.5 Å². The molecule has 0 saturated carbocycles. The standard InChI is InChI=1S/C16H17NO4/c1-10(18)11-3-5-12(6-4-11)17-16(20)14-8-7-13(21-2)9-15(14)19/h3-10,18-19H,1-2H3,(H,17,20). The number of phenolic OH excluding ortho intramolecular Hbond substituents is 1. The predicted octanol–water partition coefficient (Wildman–Crippen LogP) is 2.71. The van der Waals surface area contributed by atoms with Crippen LogP contribution in [0.2, 0.25) is 0 Å². The van der Waals surface area contributed by atoms with Crippen LogP contribution in [0.25, 0.3) is 0 Å². The molecule has 0 fully saturated rings. The van der Waals surface area contributed by atoms with Gasteiger partial charge in [-0.25, -0.2) is 0 Å². The molecule has 1 unspecified atom stereocenters. The van der Waals surface area contributed by atoms with E-state index in [-0.39, 0.29) is 11.3 Å². The molecule has 2 aromatic carbocycles. The number of methoxy groups -OCH3 is 1. The number of carbonyl (C=O) groups excluding carboxylic acids is 1. The van der Waals surface area contributed by atoms with Gasteiger partial charge in [-0.15, -0.1) is 0 Å². The van der Waals surface area contributed by atoms with Crippen LogP contribution in [0.5, 0.6) is 11.5 Å². The van der Waals surface area contributed by atoms with Gasteiger partial charge < -0.3 is 20.3 Å². The fourth-order valence-corrected chi connectivity index (χ4v) is 1.87. The summed E-state index contributed by atoms with van der Waals surface area (Å²) in [5.74, 6) is -0.0854. The first-order valence-electron chi connectivity index (χ1n) is 6.47. The summed E-state index contributed by atoms with van der Waals surface area (Å²) < 4.78 is 4.97. The van der Waals surface area contributed by atoms with Gasteiger partial charge in [-0.3, -0.25) is 4.79 Å². The zero-order chi connectivity index (χ0) is 15.4. The maximum absolute atomic E-state index is 12.1. The van der Waals surface area contributed by atoms with E-state index in [4.69, 9.17) is 4.74 Å². The monoisotopic (exact) mass is 287 g/mol. The largest absolute Gasteiger partial charge is 0.507 e. The highest BCUT2D eigenvalue weighted by Gasteiger charge is 2.12. The Balaban J connectivity index is 2.14. The summed E-state index contributed by atoms with van der Waals surface area (Å²) in [4.78, 5) is 12.1. The summed E-state index contributed by atoms with van der Waals surface area (Å²) in [7, 11) is 1.48. The van der Waals surface area contributed by atoms with Crippen LogP contribution in [0, 0.1) is 0 Å². The minimum Gasteiger partial charge on any atom is -0.507 e. The normalized spacial score (nSPS) is 11.8. The van der Waals surface area contributed by atoms with Crippen molar-refractivity contribution < 1.29 is 19.7 Å². The zero-order valence-electron chi connectivity index (χ0n) is 11.8. The zero-order valence-corrected chi connectivity index (χ0v) is 11.8. The van der Waals surface area contributed by atoms with Crippen molar-refractivity contribution >= 4 is 11.6 Å². The number of benzene rings is 2. The molecule has 5 heteroatoms. The Labute approximate surface area is 122 Å². The van der Waals surface area contributed by atoms with Crippen molar-refractivity contribution in [2.75, 3.05) is 12.4 Å². The van der Waals surface area contributed by atoms with Crippen LogP contribution in [0.4, 0.5) is 5.69 Å². The molecular weight excluding hydrogens is 270 g/mol. The minimum absolute atomic E-state index is 0.146. The maximum Gasteiger partial charge on any atom is 0.259 e. The number of carbonyl (C=O) groups is 1. The van der Waals surface area contributed by atoms with Crippen molar-refractivity contribution in [2.45, 2.75) is 13.0 Å². The Hall–Kier alpha value is -2.53. The number of amides is 1. The quantitative estimate of drug-likeness (QED) is 0.808. The summed E-state index contributed by atoms with van der Waals surface area (Å²) in [5.41, 5.74) is 1.51. The Morgan fingerprint density at radius 3 is 2.38 bits per heavy atom. The second kappa shape index (κ2) is 6.28. The molecule has 0 heterocycles. The molecule has 0 aliphatic carbocycles. The number of aliphatic hydroxyl groups is 1. The summed E-state index contributed by atoms with van der Waals surface area (Å²) in [6, 6.07) is 11.3. The number of anilines is 1. The van der Waals surface area contributed by atoms with E-state index in [9.17, 15) is 15.0 Å². The lowest BCUT2D eigenvalue weighted by Gasteiger charge is -2.09. The van der Waals surface area contributed by atoms with Gasteiger partial charge in [0.05, 0.1) is 18.8 Å². The van der Waals surface area contributed by atoms with Gasteiger partial charge in [0, 0.05) is 11.8 Å². The van der Waals surface area contributed by atoms with Gasteiger partial charge in [0.15, 0.2) is 0 Å². The third-order valence-corrected chi connectivity index (χ3v) is 3.10. The summed E-state index contributed by atoms with van der Waals surface area (Å²) in [5, 5.41) is 21.9. The highest BCUT2D eigenvalue weighted by molar-refractivity contribution is 6.06. The minimum atomic E-state index is -0.555. The molecule has 0 aliphatic heterocycles. The van der Waals surface area contributed by atoms with Crippen molar-refractivity contribution in [1.29, 1.82) is 0 Å². The molecule has 110 valence electrons. The SMILES string of the molecule is COc1ccc(C(=O)Nc2ccc(C(C)O)cc2)c(O)c1. The molecule has 0 spiro atoms. The topological polar surface area (TPSA) is 78.8 Å². The lowest BCUT2D eigenvalue weighted by Crippen LogP contribution is -2.12. The Morgan fingerprint density at radius 2 is 1.86 bits per heavy atom. The molecule has 0 aromatic heterocycles. The molecular formula is C16H17NO4. The van der Waals surface area contributed by atoms with Crippen molar-refractivity contribution in [2.24, 2.45) is 0 Å². The molecule has 1 atom stereocenters. The summed E-state index contributed by atoms with van der Waals surface area (Å²) in [6.07, 6.45) is -0.555. The van der Waals surface area contributed by atoms with E-state index < -0.39 is 12.0 Å². The number of phenols is 1. The van der Waals surface area contributed by atoms with Gasteiger partial charge in [-0.1, -0.05) is 12.1 Å². The van der Waals surface area contributed by atoms with Crippen LogP contribution in [0.1, 0.15) is 28.9 Å². The van der Waals surface area contributed by atoms with E-state index in [0.717, 1.165) is 5.56 Å². The van der Waals surface area contributed by atoms with Gasteiger partial charge in [0.25, 0.3) is 5.91 Å². The molecule has 3 N–H and O–H groups in total. The lowest BCUT2D eigenvalue weighted by atomic mass is 10.1. The fraction of sp³-hybridized carbons (Fsp3) is 0.188. The van der Waals surface area contributed by atoms with E-state index in [1.807, 2.05) is 0 Å². The molecule has 1 amide bonds. The summed E-state index contributed by atoms with van der Waals surface area (Å²) >= 11 is 0. The van der Waals surface area contributed by atoms with Crippen molar-refractivity contribution in [3.05, 3.63) is 53.6 Å². The summed E-state index contributed by atoms with van der Waals surface area (Å²) in [6.45, 7) is 1.67. The number of hydrogen-bond acceptors (Lipinski definition) is 4. The van der Waals surface area contributed by atoms with Crippen LogP contribution in [0.3, 0.4) is 0 Å². The molecule has 21 heavy (non-hydrogen) atoms. The second-order valence-corrected chi connectivity index (χ2v) is 4.64. The van der Waals surface area contributed by atoms with E-state index in [1.54, 1.807) is 37.3 Å². The Kier molecular flexibility index (Phi) is 4.45. The number of ether oxygens (including phenoxy) is 1. The second-order valence-electron chi connectivity index (χ2n) is 4.64. The smallest absolute Gasteiger partial charge is 0.259 e. The van der Waals surface area contributed by atoms with Crippen LogP contribution >= 0.6 is 0 Å². The number of nitrogens with one attached hydrogen (secondary N) is 1. The van der Waals surface area contributed by atoms with E-state index in [2.05, 4.69) is 5.32 Å². The number of aromatic hydroxyl groups is 1. The molecule has 0 radical (unpaired) electrons. The van der Waals surface area contributed by atoms with Gasteiger partial charge in [-0.2, -0.15) is 0 Å². The Morgan fingerprint density at radius 1 is 1.19 bits per heavy atom. The molecule has 0 bridgehead atoms. The van der Waals surface area contributed by atoms with Gasteiger partial charge in [0.1, 0.15) is 11.5 Å². The molecule has 0 aliphatic rings. The Bertz CT molecular complexity index is 635. The third-order valence-electron chi connectivity index (χ3n) is 3.10. The maximum atomic E-state index is 12.1. The van der Waals surface area contributed by atoms with Gasteiger partial charge in [-0.05, 0) is 36.8 Å². The number of rotatable bonds is 4. The first-order valence-corrected chi connectivity index (χ1v) is 6.47. The van der Waals surface area contributed by atoms with E-state index in [1.165, 1.54) is 19.2 Å². The predicted molar refractivity (Wildman–Crippen MR) is 79.7 cm³/mol. The van der Waals surface area contributed by atoms with E-state index in [0.29, 0.717) is 11.4 Å². The first-order chi connectivity index (χ1) is 10.0. The highest BCUT2D eigenvalue weighted by atomic mass is 16.5. The van der Waals surface area contributed by atoms with Crippen LogP contribution in [-0.2, 0) is 0 Å². The first kappa shape index (κ1) is 14.9. The van der Waals surface area contributed by atoms with Crippen LogP contribution < -0.4 is 10.1 Å². The fourth-order valence-electron chi connectivity index (χ4n) is 1.87. The number of hydrogen-bond donors (Lipinski definition) is 3.